The minimum atomic E-state index is -0.404. The van der Waals surface area contributed by atoms with Gasteiger partial charge in [0, 0.05) is 16.6 Å². The van der Waals surface area contributed by atoms with Crippen LogP contribution in [0.15, 0.2) is 30.3 Å². The molecule has 0 bridgehead atoms. The molecule has 3 heteroatoms. The summed E-state index contributed by atoms with van der Waals surface area (Å²) in [5.74, 6) is 0.183. The van der Waals surface area contributed by atoms with Gasteiger partial charge in [-0.2, -0.15) is 0 Å². The van der Waals surface area contributed by atoms with Crippen molar-refractivity contribution in [2.24, 2.45) is 11.7 Å². The molecular weight excluding hydrogens is 212 g/mol. The Morgan fingerprint density at radius 3 is 2.71 bits per heavy atom. The van der Waals surface area contributed by atoms with Crippen molar-refractivity contribution in [3.8, 4) is 0 Å². The second-order valence-electron chi connectivity index (χ2n) is 4.67. The molecule has 2 rings (SSSR count). The Hall–Kier alpha value is -1.90. The molecule has 2 aromatic rings. The Morgan fingerprint density at radius 2 is 2.06 bits per heavy atom. The Labute approximate surface area is 101 Å². The summed E-state index contributed by atoms with van der Waals surface area (Å²) >= 11 is 0. The van der Waals surface area contributed by atoms with Crippen LogP contribution in [-0.2, 0) is 6.42 Å². The third-order valence-electron chi connectivity index (χ3n) is 2.65. The summed E-state index contributed by atoms with van der Waals surface area (Å²) < 4.78 is 0. The van der Waals surface area contributed by atoms with E-state index in [0.717, 1.165) is 23.0 Å². The lowest BCUT2D eigenvalue weighted by atomic mass is 10.1. The highest BCUT2D eigenvalue weighted by atomic mass is 16.1. The number of nitrogens with two attached hydrogens (primary N) is 1. The lowest BCUT2D eigenvalue weighted by Gasteiger charge is -2.06. The monoisotopic (exact) mass is 228 g/mol. The first-order chi connectivity index (χ1) is 8.06. The summed E-state index contributed by atoms with van der Waals surface area (Å²) in [6.07, 6.45) is 0.966. The van der Waals surface area contributed by atoms with Crippen molar-refractivity contribution < 1.29 is 4.79 Å². The number of nitrogens with zero attached hydrogens (tertiary/aromatic N) is 1. The van der Waals surface area contributed by atoms with Crippen molar-refractivity contribution in [1.82, 2.24) is 4.98 Å². The molecule has 0 saturated heterocycles. The van der Waals surface area contributed by atoms with Crippen LogP contribution in [0.2, 0.25) is 0 Å². The van der Waals surface area contributed by atoms with E-state index in [-0.39, 0.29) is 0 Å². The summed E-state index contributed by atoms with van der Waals surface area (Å²) in [5, 5.41) is 0.953. The number of aromatic nitrogens is 1. The van der Waals surface area contributed by atoms with Crippen LogP contribution in [0, 0.1) is 5.92 Å². The van der Waals surface area contributed by atoms with Crippen LogP contribution < -0.4 is 5.73 Å². The van der Waals surface area contributed by atoms with Crippen molar-refractivity contribution in [3.63, 3.8) is 0 Å². The zero-order valence-electron chi connectivity index (χ0n) is 10.1. The first-order valence-corrected chi connectivity index (χ1v) is 5.76. The van der Waals surface area contributed by atoms with E-state index >= 15 is 0 Å². The summed E-state index contributed by atoms with van der Waals surface area (Å²) in [6, 6.07) is 9.35. The van der Waals surface area contributed by atoms with E-state index in [4.69, 9.17) is 5.73 Å². The quantitative estimate of drug-likeness (QED) is 0.877. The molecule has 0 atom stereocenters. The number of pyridine rings is 1. The van der Waals surface area contributed by atoms with Gasteiger partial charge in [-0.1, -0.05) is 19.9 Å². The van der Waals surface area contributed by atoms with E-state index in [1.54, 1.807) is 12.1 Å². The molecule has 88 valence electrons. The van der Waals surface area contributed by atoms with Gasteiger partial charge in [0.2, 0.25) is 5.91 Å². The van der Waals surface area contributed by atoms with E-state index < -0.39 is 5.91 Å². The molecule has 1 aromatic heterocycles. The first-order valence-electron chi connectivity index (χ1n) is 5.76. The van der Waals surface area contributed by atoms with Crippen LogP contribution in [-0.4, -0.2) is 10.9 Å². The highest BCUT2D eigenvalue weighted by Gasteiger charge is 2.04. The van der Waals surface area contributed by atoms with Gasteiger partial charge in [0.25, 0.3) is 0 Å². The van der Waals surface area contributed by atoms with Crippen LogP contribution in [0.4, 0.5) is 0 Å². The first kappa shape index (κ1) is 11.6. The molecule has 1 amide bonds. The molecule has 2 N–H and O–H groups in total. The third-order valence-corrected chi connectivity index (χ3v) is 2.65. The van der Waals surface area contributed by atoms with Crippen molar-refractivity contribution >= 4 is 16.8 Å². The number of benzene rings is 1. The molecule has 0 aliphatic heterocycles. The van der Waals surface area contributed by atoms with Crippen molar-refractivity contribution in [3.05, 3.63) is 41.6 Å². The second-order valence-corrected chi connectivity index (χ2v) is 4.67. The molecule has 17 heavy (non-hydrogen) atoms. The zero-order chi connectivity index (χ0) is 12.4. The molecule has 0 aliphatic carbocycles. The van der Waals surface area contributed by atoms with E-state index in [9.17, 15) is 4.79 Å². The average molecular weight is 228 g/mol. The highest BCUT2D eigenvalue weighted by molar-refractivity contribution is 5.96. The van der Waals surface area contributed by atoms with Gasteiger partial charge >= 0.3 is 0 Å². The van der Waals surface area contributed by atoms with Gasteiger partial charge in [-0.05, 0) is 36.6 Å². The summed E-state index contributed by atoms with van der Waals surface area (Å²) in [6.45, 7) is 4.34. The van der Waals surface area contributed by atoms with E-state index in [2.05, 4.69) is 18.8 Å². The molecule has 0 aliphatic rings. The summed E-state index contributed by atoms with van der Waals surface area (Å²) in [5.41, 5.74) is 7.76. The fraction of sp³-hybridized carbons (Fsp3) is 0.286. The Kier molecular flexibility index (Phi) is 3.09. The molecule has 0 saturated carbocycles. The van der Waals surface area contributed by atoms with Crippen LogP contribution in [0.1, 0.15) is 29.9 Å². The number of hydrogen-bond acceptors (Lipinski definition) is 2. The number of fused-ring (bicyclic) bond motifs is 1. The number of carbonyl (C=O) groups excluding carboxylic acids is 1. The molecule has 1 heterocycles. The fourth-order valence-corrected chi connectivity index (χ4v) is 1.85. The lowest BCUT2D eigenvalue weighted by molar-refractivity contribution is 0.100. The van der Waals surface area contributed by atoms with E-state index in [1.807, 2.05) is 18.2 Å². The molecule has 0 unspecified atom stereocenters. The number of hydrogen-bond donors (Lipinski definition) is 1. The normalized spacial score (nSPS) is 11.0. The molecule has 1 aromatic carbocycles. The number of carbonyl (C=O) groups is 1. The van der Waals surface area contributed by atoms with Crippen molar-refractivity contribution in [1.29, 1.82) is 0 Å². The minimum absolute atomic E-state index is 0.404. The summed E-state index contributed by atoms with van der Waals surface area (Å²) in [7, 11) is 0. The molecule has 0 fully saturated rings. The Morgan fingerprint density at radius 1 is 1.29 bits per heavy atom. The number of amides is 1. The van der Waals surface area contributed by atoms with Crippen LogP contribution in [0.3, 0.4) is 0 Å². The second kappa shape index (κ2) is 4.53. The van der Waals surface area contributed by atoms with Gasteiger partial charge in [0.1, 0.15) is 0 Å². The van der Waals surface area contributed by atoms with E-state index in [1.165, 1.54) is 0 Å². The predicted octanol–water partition coefficient (Wildman–Crippen LogP) is 2.53. The number of primary amides is 1. The lowest BCUT2D eigenvalue weighted by Crippen LogP contribution is -2.10. The van der Waals surface area contributed by atoms with Crippen LogP contribution in [0.5, 0.6) is 0 Å². The maximum atomic E-state index is 11.1. The molecule has 3 nitrogen and oxygen atoms in total. The Balaban J connectivity index is 2.43. The molecular formula is C14H16N2O. The van der Waals surface area contributed by atoms with Crippen molar-refractivity contribution in [2.45, 2.75) is 20.3 Å². The maximum absolute atomic E-state index is 11.1. The number of rotatable bonds is 3. The van der Waals surface area contributed by atoms with Gasteiger partial charge in [-0.15, -0.1) is 0 Å². The fourth-order valence-electron chi connectivity index (χ4n) is 1.85. The molecule has 0 spiro atoms. The third kappa shape index (κ3) is 2.61. The van der Waals surface area contributed by atoms with E-state index in [0.29, 0.717) is 11.5 Å². The standard InChI is InChI=1S/C14H16N2O/c1-9(2)7-12-5-3-10-8-11(14(15)17)4-6-13(10)16-12/h3-6,8-9H,7H2,1-2H3,(H2,15,17). The van der Waals surface area contributed by atoms with Crippen molar-refractivity contribution in [2.75, 3.05) is 0 Å². The van der Waals surface area contributed by atoms with Gasteiger partial charge in [-0.25, -0.2) is 0 Å². The largest absolute Gasteiger partial charge is 0.366 e. The molecule has 0 radical (unpaired) electrons. The highest BCUT2D eigenvalue weighted by Crippen LogP contribution is 2.16. The smallest absolute Gasteiger partial charge is 0.248 e. The minimum Gasteiger partial charge on any atom is -0.366 e. The zero-order valence-corrected chi connectivity index (χ0v) is 10.1. The van der Waals surface area contributed by atoms with Crippen LogP contribution >= 0.6 is 0 Å². The SMILES string of the molecule is CC(C)Cc1ccc2cc(C(N)=O)ccc2n1. The van der Waals surface area contributed by atoms with Crippen LogP contribution in [0.25, 0.3) is 10.9 Å². The van der Waals surface area contributed by atoms with Gasteiger partial charge < -0.3 is 5.73 Å². The van der Waals surface area contributed by atoms with Gasteiger partial charge in [-0.3, -0.25) is 9.78 Å². The average Bonchev–Trinajstić information content (AvgIpc) is 2.27. The van der Waals surface area contributed by atoms with Gasteiger partial charge in [0.15, 0.2) is 0 Å². The maximum Gasteiger partial charge on any atom is 0.248 e. The Bertz CT molecular complexity index is 561. The summed E-state index contributed by atoms with van der Waals surface area (Å²) in [4.78, 5) is 15.6. The van der Waals surface area contributed by atoms with Gasteiger partial charge in [0.05, 0.1) is 5.52 Å². The predicted molar refractivity (Wildman–Crippen MR) is 68.8 cm³/mol. The topological polar surface area (TPSA) is 56.0 Å².